The van der Waals surface area contributed by atoms with Crippen LogP contribution >= 0.6 is 0 Å². The number of hydrogen-bond donors (Lipinski definition) is 1. The van der Waals surface area contributed by atoms with Crippen LogP contribution in [0.4, 0.5) is 4.39 Å². The lowest BCUT2D eigenvalue weighted by Gasteiger charge is -2.24. The predicted molar refractivity (Wildman–Crippen MR) is 70.0 cm³/mol. The van der Waals surface area contributed by atoms with Gasteiger partial charge in [0.15, 0.2) is 0 Å². The number of nitrogens with zero attached hydrogens (tertiary/aromatic N) is 2. The zero-order valence-electron chi connectivity index (χ0n) is 10.8. The Morgan fingerprint density at radius 3 is 3.00 bits per heavy atom. The number of halogens is 1. The largest absolute Gasteiger partial charge is 0.327 e. The van der Waals surface area contributed by atoms with Crippen LogP contribution in [0.2, 0.25) is 0 Å². The van der Waals surface area contributed by atoms with Gasteiger partial charge in [-0.3, -0.25) is 0 Å². The van der Waals surface area contributed by atoms with Crippen molar-refractivity contribution in [1.82, 2.24) is 14.9 Å². The Kier molecular flexibility index (Phi) is 2.63. The fourth-order valence-electron chi connectivity index (χ4n) is 2.92. The molecule has 0 spiro atoms. The highest BCUT2D eigenvalue weighted by Gasteiger charge is 2.34. The van der Waals surface area contributed by atoms with Gasteiger partial charge in [0.1, 0.15) is 11.6 Å². The van der Waals surface area contributed by atoms with Crippen LogP contribution in [0.3, 0.4) is 0 Å². The molecule has 1 aliphatic heterocycles. The molecule has 3 nitrogen and oxygen atoms in total. The van der Waals surface area contributed by atoms with E-state index in [1.54, 1.807) is 12.1 Å². The average Bonchev–Trinajstić information content (AvgIpc) is 2.93. The SMILES string of the molecule is CCn1c(C2(C)CCCN2)nc2ccc(F)cc21. The number of rotatable bonds is 2. The molecular formula is C14H18FN3. The molecule has 1 unspecified atom stereocenters. The molecule has 4 heteroatoms. The van der Waals surface area contributed by atoms with Gasteiger partial charge in [0.05, 0.1) is 16.6 Å². The molecule has 0 saturated carbocycles. The molecule has 0 aliphatic carbocycles. The normalized spacial score (nSPS) is 23.9. The van der Waals surface area contributed by atoms with Gasteiger partial charge >= 0.3 is 0 Å². The van der Waals surface area contributed by atoms with E-state index in [1.807, 2.05) is 0 Å². The van der Waals surface area contributed by atoms with E-state index in [9.17, 15) is 4.39 Å². The molecule has 18 heavy (non-hydrogen) atoms. The van der Waals surface area contributed by atoms with Gasteiger partial charge < -0.3 is 9.88 Å². The number of aromatic nitrogens is 2. The smallest absolute Gasteiger partial charge is 0.129 e. The zero-order chi connectivity index (χ0) is 12.8. The lowest BCUT2D eigenvalue weighted by atomic mass is 9.99. The third-order valence-electron chi connectivity index (χ3n) is 3.89. The second-order valence-corrected chi connectivity index (χ2v) is 5.18. The van der Waals surface area contributed by atoms with E-state index in [-0.39, 0.29) is 11.4 Å². The van der Waals surface area contributed by atoms with Crippen LogP contribution in [-0.4, -0.2) is 16.1 Å². The fraction of sp³-hybridized carbons (Fsp3) is 0.500. The van der Waals surface area contributed by atoms with E-state index in [4.69, 9.17) is 4.98 Å². The van der Waals surface area contributed by atoms with E-state index in [0.29, 0.717) is 0 Å². The highest BCUT2D eigenvalue weighted by molar-refractivity contribution is 5.76. The summed E-state index contributed by atoms with van der Waals surface area (Å²) in [5, 5.41) is 3.52. The van der Waals surface area contributed by atoms with Crippen LogP contribution in [0.15, 0.2) is 18.2 Å². The molecule has 3 rings (SSSR count). The molecule has 1 atom stereocenters. The van der Waals surface area contributed by atoms with Crippen molar-refractivity contribution in [2.45, 2.75) is 38.8 Å². The lowest BCUT2D eigenvalue weighted by Crippen LogP contribution is -2.36. The van der Waals surface area contributed by atoms with Crippen molar-refractivity contribution in [2.75, 3.05) is 6.54 Å². The first kappa shape index (κ1) is 11.7. The van der Waals surface area contributed by atoms with Gasteiger partial charge in [0, 0.05) is 6.54 Å². The first-order valence-electron chi connectivity index (χ1n) is 6.55. The van der Waals surface area contributed by atoms with Crippen molar-refractivity contribution in [3.63, 3.8) is 0 Å². The molecule has 1 N–H and O–H groups in total. The number of nitrogens with one attached hydrogen (secondary N) is 1. The minimum Gasteiger partial charge on any atom is -0.327 e. The standard InChI is InChI=1S/C14H18FN3/c1-3-18-12-9-10(15)5-6-11(12)17-13(18)14(2)7-4-8-16-14/h5-6,9,16H,3-4,7-8H2,1-2H3. The Morgan fingerprint density at radius 1 is 1.50 bits per heavy atom. The molecule has 1 aromatic heterocycles. The van der Waals surface area contributed by atoms with Gasteiger partial charge in [-0.15, -0.1) is 0 Å². The van der Waals surface area contributed by atoms with E-state index in [2.05, 4.69) is 23.7 Å². The van der Waals surface area contributed by atoms with Gasteiger partial charge in [-0.05, 0) is 51.4 Å². The lowest BCUT2D eigenvalue weighted by molar-refractivity contribution is 0.391. The molecule has 2 heterocycles. The highest BCUT2D eigenvalue weighted by atomic mass is 19.1. The second kappa shape index (κ2) is 4.05. The summed E-state index contributed by atoms with van der Waals surface area (Å²) in [5.74, 6) is 0.830. The maximum absolute atomic E-state index is 13.4. The molecule has 1 saturated heterocycles. The van der Waals surface area contributed by atoms with Gasteiger partial charge in [-0.2, -0.15) is 0 Å². The molecular weight excluding hydrogens is 229 g/mol. The Bertz CT molecular complexity index is 582. The quantitative estimate of drug-likeness (QED) is 0.884. The fourth-order valence-corrected chi connectivity index (χ4v) is 2.92. The first-order chi connectivity index (χ1) is 8.64. The Labute approximate surface area is 106 Å². The summed E-state index contributed by atoms with van der Waals surface area (Å²) in [5.41, 5.74) is 1.69. The first-order valence-corrected chi connectivity index (χ1v) is 6.55. The minimum atomic E-state index is -0.201. The number of aryl methyl sites for hydroxylation is 1. The van der Waals surface area contributed by atoms with Crippen LogP contribution in [0, 0.1) is 5.82 Å². The molecule has 96 valence electrons. The summed E-state index contributed by atoms with van der Waals surface area (Å²) in [4.78, 5) is 4.71. The highest BCUT2D eigenvalue weighted by Crippen LogP contribution is 2.32. The molecule has 2 aromatic rings. The maximum atomic E-state index is 13.4. The summed E-state index contributed by atoms with van der Waals surface area (Å²) in [7, 11) is 0. The summed E-state index contributed by atoms with van der Waals surface area (Å²) in [6, 6.07) is 4.82. The number of benzene rings is 1. The third-order valence-corrected chi connectivity index (χ3v) is 3.89. The van der Waals surface area contributed by atoms with Crippen molar-refractivity contribution in [3.8, 4) is 0 Å². The van der Waals surface area contributed by atoms with E-state index in [1.165, 1.54) is 6.07 Å². The van der Waals surface area contributed by atoms with Gasteiger partial charge in [-0.25, -0.2) is 9.37 Å². The van der Waals surface area contributed by atoms with E-state index in [0.717, 1.165) is 42.8 Å². The van der Waals surface area contributed by atoms with Gasteiger partial charge in [0.25, 0.3) is 0 Å². The van der Waals surface area contributed by atoms with Gasteiger partial charge in [0.2, 0.25) is 0 Å². The molecule has 1 aromatic carbocycles. The Morgan fingerprint density at radius 2 is 2.33 bits per heavy atom. The van der Waals surface area contributed by atoms with Crippen LogP contribution < -0.4 is 5.32 Å². The van der Waals surface area contributed by atoms with Crippen molar-refractivity contribution in [1.29, 1.82) is 0 Å². The van der Waals surface area contributed by atoms with Crippen molar-refractivity contribution in [2.24, 2.45) is 0 Å². The Hall–Kier alpha value is -1.42. The monoisotopic (exact) mass is 247 g/mol. The van der Waals surface area contributed by atoms with E-state index < -0.39 is 0 Å². The van der Waals surface area contributed by atoms with Crippen LogP contribution in [0.5, 0.6) is 0 Å². The topological polar surface area (TPSA) is 29.9 Å². The number of hydrogen-bond acceptors (Lipinski definition) is 2. The van der Waals surface area contributed by atoms with E-state index >= 15 is 0 Å². The van der Waals surface area contributed by atoms with Crippen LogP contribution in [-0.2, 0) is 12.1 Å². The van der Waals surface area contributed by atoms with Crippen molar-refractivity contribution >= 4 is 11.0 Å². The van der Waals surface area contributed by atoms with Crippen molar-refractivity contribution < 1.29 is 4.39 Å². The summed E-state index contributed by atoms with van der Waals surface area (Å²) < 4.78 is 15.5. The second-order valence-electron chi connectivity index (χ2n) is 5.18. The average molecular weight is 247 g/mol. The molecule has 0 amide bonds. The van der Waals surface area contributed by atoms with Crippen molar-refractivity contribution in [3.05, 3.63) is 29.8 Å². The number of imidazole rings is 1. The summed E-state index contributed by atoms with van der Waals surface area (Å²) >= 11 is 0. The van der Waals surface area contributed by atoms with Gasteiger partial charge in [-0.1, -0.05) is 0 Å². The zero-order valence-corrected chi connectivity index (χ0v) is 10.8. The Balaban J connectivity index is 2.23. The molecule has 0 radical (unpaired) electrons. The van der Waals surface area contributed by atoms with Crippen LogP contribution in [0.1, 0.15) is 32.5 Å². The predicted octanol–water partition coefficient (Wildman–Crippen LogP) is 2.79. The molecule has 0 bridgehead atoms. The molecule has 1 aliphatic rings. The minimum absolute atomic E-state index is 0.0779. The summed E-state index contributed by atoms with van der Waals surface area (Å²) in [6.07, 6.45) is 2.25. The molecule has 1 fully saturated rings. The van der Waals surface area contributed by atoms with Crippen LogP contribution in [0.25, 0.3) is 11.0 Å². The number of fused-ring (bicyclic) bond motifs is 1. The summed E-state index contributed by atoms with van der Waals surface area (Å²) in [6.45, 7) is 6.10. The third kappa shape index (κ3) is 1.63. The maximum Gasteiger partial charge on any atom is 0.129 e.